The average molecular weight is 419 g/mol. The molecule has 1 saturated carbocycles. The summed E-state index contributed by atoms with van der Waals surface area (Å²) in [6.45, 7) is 0.763. The Balaban J connectivity index is 1.54. The van der Waals surface area contributed by atoms with Gasteiger partial charge in [0.25, 0.3) is 0 Å². The first kappa shape index (κ1) is 19.9. The summed E-state index contributed by atoms with van der Waals surface area (Å²) in [4.78, 5) is 12.4. The van der Waals surface area contributed by atoms with E-state index in [0.29, 0.717) is 47.6 Å². The van der Waals surface area contributed by atoms with Gasteiger partial charge in [-0.05, 0) is 43.4 Å². The third-order valence-electron chi connectivity index (χ3n) is 5.25. The van der Waals surface area contributed by atoms with E-state index in [1.165, 1.54) is 17.1 Å². The lowest BCUT2D eigenvalue weighted by molar-refractivity contribution is -0.126. The Morgan fingerprint density at radius 2 is 1.73 bits per heavy atom. The lowest BCUT2D eigenvalue weighted by atomic mass is 9.97. The van der Waals surface area contributed by atoms with Crippen LogP contribution in [0, 0.1) is 5.92 Å². The summed E-state index contributed by atoms with van der Waals surface area (Å²) in [5.41, 5.74) is 0.612. The van der Waals surface area contributed by atoms with Gasteiger partial charge in [0.2, 0.25) is 15.9 Å². The predicted molar refractivity (Wildman–Crippen MR) is 104 cm³/mol. The van der Waals surface area contributed by atoms with E-state index in [1.807, 2.05) is 0 Å². The van der Waals surface area contributed by atoms with Gasteiger partial charge in [-0.3, -0.25) is 4.79 Å². The largest absolute Gasteiger partial charge is 0.353 e. The van der Waals surface area contributed by atoms with Gasteiger partial charge in [0.05, 0.1) is 15.8 Å². The van der Waals surface area contributed by atoms with Crippen LogP contribution in [0.3, 0.4) is 0 Å². The minimum atomic E-state index is -3.44. The fourth-order valence-corrected chi connectivity index (χ4v) is 5.59. The van der Waals surface area contributed by atoms with Crippen molar-refractivity contribution in [1.82, 2.24) is 9.62 Å². The van der Waals surface area contributed by atoms with E-state index in [2.05, 4.69) is 5.32 Å². The molecule has 1 aromatic rings. The molecule has 1 heterocycles. The lowest BCUT2D eigenvalue weighted by Crippen LogP contribution is -2.45. The number of nitrogens with zero attached hydrogens (tertiary/aromatic N) is 1. The van der Waals surface area contributed by atoms with Gasteiger partial charge in [0.1, 0.15) is 0 Å². The molecule has 2 aliphatic rings. The maximum atomic E-state index is 12.7. The molecule has 1 aromatic carbocycles. The molecule has 1 aliphatic heterocycles. The van der Waals surface area contributed by atoms with E-state index in [-0.39, 0.29) is 17.6 Å². The maximum Gasteiger partial charge on any atom is 0.223 e. The van der Waals surface area contributed by atoms with Crippen molar-refractivity contribution in [3.8, 4) is 0 Å². The normalized spacial score (nSPS) is 20.4. The molecule has 26 heavy (non-hydrogen) atoms. The number of rotatable bonds is 5. The molecule has 1 amide bonds. The van der Waals surface area contributed by atoms with E-state index in [4.69, 9.17) is 23.2 Å². The molecule has 0 bridgehead atoms. The second-order valence-electron chi connectivity index (χ2n) is 7.17. The predicted octanol–water partition coefficient (Wildman–Crippen LogP) is 3.59. The van der Waals surface area contributed by atoms with E-state index < -0.39 is 10.0 Å². The summed E-state index contributed by atoms with van der Waals surface area (Å²) >= 11 is 11.8. The van der Waals surface area contributed by atoms with Crippen molar-refractivity contribution in [2.75, 3.05) is 13.1 Å². The Labute approximate surface area is 165 Å². The molecule has 0 spiro atoms. The van der Waals surface area contributed by atoms with Crippen LogP contribution in [-0.4, -0.2) is 37.8 Å². The van der Waals surface area contributed by atoms with Gasteiger partial charge in [-0.1, -0.05) is 42.1 Å². The van der Waals surface area contributed by atoms with Crippen LogP contribution in [0.5, 0.6) is 0 Å². The fraction of sp³-hybridized carbons (Fsp3) is 0.611. The highest BCUT2D eigenvalue weighted by Crippen LogP contribution is 2.26. The van der Waals surface area contributed by atoms with Gasteiger partial charge in [0, 0.05) is 25.0 Å². The number of piperidine rings is 1. The zero-order valence-electron chi connectivity index (χ0n) is 14.6. The highest BCUT2D eigenvalue weighted by molar-refractivity contribution is 7.88. The molecule has 144 valence electrons. The summed E-state index contributed by atoms with van der Waals surface area (Å²) in [7, 11) is -3.44. The van der Waals surface area contributed by atoms with E-state index in [1.54, 1.807) is 18.2 Å². The Hall–Kier alpha value is -0.820. The smallest absolute Gasteiger partial charge is 0.223 e. The summed E-state index contributed by atoms with van der Waals surface area (Å²) in [6.07, 6.45) is 5.61. The molecule has 1 aliphatic carbocycles. The minimum absolute atomic E-state index is 0.0819. The monoisotopic (exact) mass is 418 g/mol. The van der Waals surface area contributed by atoms with Crippen LogP contribution in [0.15, 0.2) is 18.2 Å². The van der Waals surface area contributed by atoms with Gasteiger partial charge in [-0.15, -0.1) is 0 Å². The highest BCUT2D eigenvalue weighted by atomic mass is 35.5. The van der Waals surface area contributed by atoms with Crippen molar-refractivity contribution in [1.29, 1.82) is 0 Å². The summed E-state index contributed by atoms with van der Waals surface area (Å²) in [5, 5.41) is 3.87. The number of hydrogen-bond acceptors (Lipinski definition) is 3. The number of nitrogens with one attached hydrogen (secondary N) is 1. The number of amides is 1. The number of hydrogen-bond donors (Lipinski definition) is 1. The first-order chi connectivity index (χ1) is 12.3. The molecule has 0 radical (unpaired) electrons. The van der Waals surface area contributed by atoms with Crippen LogP contribution in [0.1, 0.15) is 44.1 Å². The van der Waals surface area contributed by atoms with Gasteiger partial charge in [-0.25, -0.2) is 12.7 Å². The number of benzene rings is 1. The molecular formula is C18H24Cl2N2O3S. The van der Waals surface area contributed by atoms with Gasteiger partial charge in [0.15, 0.2) is 0 Å². The number of sulfonamides is 1. The van der Waals surface area contributed by atoms with Crippen LogP contribution in [-0.2, 0) is 20.6 Å². The fourth-order valence-electron chi connectivity index (χ4n) is 3.72. The first-order valence-corrected chi connectivity index (χ1v) is 11.4. The number of carbonyl (C=O) groups is 1. The summed E-state index contributed by atoms with van der Waals surface area (Å²) in [6, 6.07) is 5.17. The van der Waals surface area contributed by atoms with Crippen LogP contribution in [0.4, 0.5) is 0 Å². The van der Waals surface area contributed by atoms with Gasteiger partial charge < -0.3 is 5.32 Å². The van der Waals surface area contributed by atoms with E-state index in [0.717, 1.165) is 12.8 Å². The van der Waals surface area contributed by atoms with Crippen molar-refractivity contribution in [3.63, 3.8) is 0 Å². The molecule has 1 N–H and O–H groups in total. The second kappa shape index (κ2) is 8.46. The Morgan fingerprint density at radius 1 is 1.08 bits per heavy atom. The van der Waals surface area contributed by atoms with E-state index >= 15 is 0 Å². The summed E-state index contributed by atoms with van der Waals surface area (Å²) < 4.78 is 26.8. The van der Waals surface area contributed by atoms with Crippen LogP contribution >= 0.6 is 23.2 Å². The third kappa shape index (κ3) is 4.91. The number of halogens is 2. The van der Waals surface area contributed by atoms with Crippen molar-refractivity contribution < 1.29 is 13.2 Å². The zero-order valence-corrected chi connectivity index (χ0v) is 16.9. The molecule has 5 nitrogen and oxygen atoms in total. The Kier molecular flexibility index (Phi) is 6.49. The molecular weight excluding hydrogens is 395 g/mol. The van der Waals surface area contributed by atoms with Gasteiger partial charge in [-0.2, -0.15) is 0 Å². The molecule has 0 atom stereocenters. The Bertz CT molecular complexity index is 756. The second-order valence-corrected chi connectivity index (χ2v) is 9.95. The van der Waals surface area contributed by atoms with Crippen molar-refractivity contribution in [2.24, 2.45) is 5.92 Å². The Morgan fingerprint density at radius 3 is 2.35 bits per heavy atom. The van der Waals surface area contributed by atoms with E-state index in [9.17, 15) is 13.2 Å². The summed E-state index contributed by atoms with van der Waals surface area (Å²) in [5.74, 6) is -0.117. The average Bonchev–Trinajstić information content (AvgIpc) is 3.11. The molecule has 3 rings (SSSR count). The first-order valence-electron chi connectivity index (χ1n) is 9.07. The van der Waals surface area contributed by atoms with Crippen LogP contribution in [0.2, 0.25) is 10.0 Å². The van der Waals surface area contributed by atoms with Crippen LogP contribution in [0.25, 0.3) is 0 Å². The number of carbonyl (C=O) groups excluding carboxylic acids is 1. The van der Waals surface area contributed by atoms with Crippen LogP contribution < -0.4 is 5.32 Å². The highest BCUT2D eigenvalue weighted by Gasteiger charge is 2.32. The SMILES string of the molecule is O=C(NC1CCCC1)C1CCN(S(=O)(=O)Cc2ccc(Cl)c(Cl)c2)CC1. The molecule has 0 aromatic heterocycles. The molecule has 1 saturated heterocycles. The molecule has 8 heteroatoms. The van der Waals surface area contributed by atoms with Crippen molar-refractivity contribution >= 4 is 39.1 Å². The van der Waals surface area contributed by atoms with Gasteiger partial charge >= 0.3 is 0 Å². The topological polar surface area (TPSA) is 66.5 Å². The van der Waals surface area contributed by atoms with Crippen molar-refractivity contribution in [2.45, 2.75) is 50.3 Å². The molecule has 2 fully saturated rings. The lowest BCUT2D eigenvalue weighted by Gasteiger charge is -2.31. The quantitative estimate of drug-likeness (QED) is 0.793. The minimum Gasteiger partial charge on any atom is -0.353 e. The standard InChI is InChI=1S/C18H24Cl2N2O3S/c19-16-6-5-13(11-17(16)20)12-26(24,25)22-9-7-14(8-10-22)18(23)21-15-3-1-2-4-15/h5-6,11,14-15H,1-4,7-10,12H2,(H,21,23). The third-order valence-corrected chi connectivity index (χ3v) is 7.84. The molecule has 0 unspecified atom stereocenters. The zero-order chi connectivity index (χ0) is 18.7. The maximum absolute atomic E-state index is 12.7. The van der Waals surface area contributed by atoms with Crippen molar-refractivity contribution in [3.05, 3.63) is 33.8 Å².